The maximum atomic E-state index is 11.7. The van der Waals surface area contributed by atoms with Crippen LogP contribution in [0.5, 0.6) is 0 Å². The summed E-state index contributed by atoms with van der Waals surface area (Å²) in [4.78, 5) is 22.9. The number of ether oxygens (including phenoxy) is 1. The van der Waals surface area contributed by atoms with Gasteiger partial charge in [0.1, 0.15) is 17.7 Å². The number of anilines is 1. The van der Waals surface area contributed by atoms with E-state index < -0.39 is 5.60 Å². The van der Waals surface area contributed by atoms with Crippen LogP contribution in [0, 0.1) is 5.92 Å². The number of nitrogens with zero attached hydrogens (tertiary/aromatic N) is 3. The van der Waals surface area contributed by atoms with Crippen LogP contribution in [0.25, 0.3) is 10.2 Å². The third kappa shape index (κ3) is 4.81. The second-order valence-electron chi connectivity index (χ2n) is 7.48. The lowest BCUT2D eigenvalue weighted by Crippen LogP contribution is -2.37. The van der Waals surface area contributed by atoms with Gasteiger partial charge in [0, 0.05) is 19.6 Å². The third-order valence-corrected chi connectivity index (χ3v) is 5.26. The van der Waals surface area contributed by atoms with Crippen molar-refractivity contribution in [1.82, 2.24) is 15.3 Å². The number of piperidine rings is 1. The lowest BCUT2D eigenvalue weighted by Gasteiger charge is -2.33. The number of carbonyl (C=O) groups is 1. The van der Waals surface area contributed by atoms with Crippen LogP contribution in [-0.4, -0.2) is 41.3 Å². The molecule has 1 aliphatic rings. The van der Waals surface area contributed by atoms with Gasteiger partial charge in [0.05, 0.1) is 10.2 Å². The van der Waals surface area contributed by atoms with Gasteiger partial charge in [-0.2, -0.15) is 0 Å². The van der Waals surface area contributed by atoms with Gasteiger partial charge in [-0.05, 0) is 57.4 Å². The van der Waals surface area contributed by atoms with Crippen LogP contribution >= 0.6 is 11.3 Å². The van der Waals surface area contributed by atoms with Crippen LogP contribution < -0.4 is 10.2 Å². The van der Waals surface area contributed by atoms with E-state index in [2.05, 4.69) is 25.6 Å². The predicted octanol–water partition coefficient (Wildman–Crippen LogP) is 3.82. The fourth-order valence-electron chi connectivity index (χ4n) is 3.13. The Morgan fingerprint density at radius 2 is 2.12 bits per heavy atom. The van der Waals surface area contributed by atoms with E-state index in [-0.39, 0.29) is 6.09 Å². The van der Waals surface area contributed by atoms with Crippen LogP contribution in [0.15, 0.2) is 17.8 Å². The molecule has 1 amide bonds. The fraction of sp³-hybridized carbons (Fsp3) is 0.611. The van der Waals surface area contributed by atoms with E-state index >= 15 is 0 Å². The van der Waals surface area contributed by atoms with E-state index in [1.54, 1.807) is 17.7 Å². The van der Waals surface area contributed by atoms with Gasteiger partial charge in [0.25, 0.3) is 0 Å². The Morgan fingerprint density at radius 1 is 1.36 bits per heavy atom. The van der Waals surface area contributed by atoms with Crippen LogP contribution in [0.1, 0.15) is 40.0 Å². The molecule has 1 N–H and O–H groups in total. The van der Waals surface area contributed by atoms with Crippen LogP contribution in [0.4, 0.5) is 10.6 Å². The molecule has 0 saturated carbocycles. The number of alkyl carbamates (subject to hydrolysis) is 1. The Morgan fingerprint density at radius 3 is 2.84 bits per heavy atom. The number of hydrogen-bond donors (Lipinski definition) is 1. The molecule has 1 fully saturated rings. The second-order valence-corrected chi connectivity index (χ2v) is 8.40. The van der Waals surface area contributed by atoms with Crippen molar-refractivity contribution in [3.63, 3.8) is 0 Å². The van der Waals surface area contributed by atoms with Crippen LogP contribution in [0.2, 0.25) is 0 Å². The second kappa shape index (κ2) is 7.56. The standard InChI is InChI=1S/C18H26N4O2S/c1-18(2,3)24-17(23)19-8-4-13-5-9-22(10-6-13)16-15-14(7-11-25-15)20-12-21-16/h7,11-13H,4-6,8-10H2,1-3H3,(H,19,23). The highest BCUT2D eigenvalue weighted by atomic mass is 32.1. The number of aromatic nitrogens is 2. The minimum Gasteiger partial charge on any atom is -0.444 e. The number of amides is 1. The average molecular weight is 362 g/mol. The summed E-state index contributed by atoms with van der Waals surface area (Å²) in [6.07, 6.45) is 4.55. The first-order valence-electron chi connectivity index (χ1n) is 8.82. The first kappa shape index (κ1) is 17.9. The molecule has 2 aromatic rings. The molecule has 0 spiro atoms. The minimum atomic E-state index is -0.444. The van der Waals surface area contributed by atoms with Gasteiger partial charge >= 0.3 is 6.09 Å². The molecular weight excluding hydrogens is 336 g/mol. The predicted molar refractivity (Wildman–Crippen MR) is 101 cm³/mol. The highest BCUT2D eigenvalue weighted by Crippen LogP contribution is 2.31. The minimum absolute atomic E-state index is 0.328. The SMILES string of the molecule is CC(C)(C)OC(=O)NCCC1CCN(c2ncnc3ccsc23)CC1. The number of rotatable bonds is 4. The molecule has 1 aliphatic heterocycles. The van der Waals surface area contributed by atoms with Crippen molar-refractivity contribution in [1.29, 1.82) is 0 Å². The summed E-state index contributed by atoms with van der Waals surface area (Å²) in [6.45, 7) is 8.30. The third-order valence-electron chi connectivity index (χ3n) is 4.36. The van der Waals surface area contributed by atoms with Gasteiger partial charge in [-0.25, -0.2) is 14.8 Å². The Hall–Kier alpha value is -1.89. The summed E-state index contributed by atoms with van der Waals surface area (Å²) in [7, 11) is 0. The average Bonchev–Trinajstić information content (AvgIpc) is 3.02. The summed E-state index contributed by atoms with van der Waals surface area (Å²) < 4.78 is 6.44. The molecule has 0 unspecified atom stereocenters. The van der Waals surface area contributed by atoms with Crippen LogP contribution in [0.3, 0.4) is 0 Å². The molecule has 3 heterocycles. The maximum Gasteiger partial charge on any atom is 0.407 e. The van der Waals surface area contributed by atoms with Gasteiger partial charge in [0.15, 0.2) is 0 Å². The topological polar surface area (TPSA) is 67.3 Å². The van der Waals surface area contributed by atoms with Gasteiger partial charge < -0.3 is 15.0 Å². The molecule has 1 saturated heterocycles. The lowest BCUT2D eigenvalue weighted by atomic mass is 9.93. The molecule has 0 aromatic carbocycles. The zero-order chi connectivity index (χ0) is 17.9. The van der Waals surface area contributed by atoms with Crippen molar-refractivity contribution in [3.05, 3.63) is 17.8 Å². The van der Waals surface area contributed by atoms with Crippen molar-refractivity contribution in [2.75, 3.05) is 24.5 Å². The monoisotopic (exact) mass is 362 g/mol. The molecule has 2 aromatic heterocycles. The summed E-state index contributed by atoms with van der Waals surface area (Å²) in [5, 5.41) is 4.92. The molecular formula is C18H26N4O2S. The highest BCUT2D eigenvalue weighted by Gasteiger charge is 2.22. The molecule has 7 heteroatoms. The van der Waals surface area contributed by atoms with Crippen molar-refractivity contribution in [2.45, 2.75) is 45.6 Å². The van der Waals surface area contributed by atoms with E-state index in [1.165, 1.54) is 4.70 Å². The number of hydrogen-bond acceptors (Lipinski definition) is 6. The molecule has 136 valence electrons. The van der Waals surface area contributed by atoms with E-state index in [4.69, 9.17) is 4.74 Å². The van der Waals surface area contributed by atoms with Crippen molar-refractivity contribution < 1.29 is 9.53 Å². The highest BCUT2D eigenvalue weighted by molar-refractivity contribution is 7.17. The Bertz CT molecular complexity index is 717. The molecule has 0 radical (unpaired) electrons. The van der Waals surface area contributed by atoms with Crippen molar-refractivity contribution >= 4 is 33.5 Å². The summed E-state index contributed by atoms with van der Waals surface area (Å²) in [6, 6.07) is 2.04. The largest absolute Gasteiger partial charge is 0.444 e. The number of thiophene rings is 1. The Kier molecular flexibility index (Phi) is 5.42. The van der Waals surface area contributed by atoms with E-state index in [0.717, 1.165) is 43.7 Å². The molecule has 3 rings (SSSR count). The maximum absolute atomic E-state index is 11.7. The molecule has 0 bridgehead atoms. The van der Waals surface area contributed by atoms with E-state index in [1.807, 2.05) is 26.8 Å². The van der Waals surface area contributed by atoms with Gasteiger partial charge in [-0.15, -0.1) is 11.3 Å². The Labute approximate surface area is 152 Å². The number of fused-ring (bicyclic) bond motifs is 1. The van der Waals surface area contributed by atoms with Gasteiger partial charge in [0.2, 0.25) is 0 Å². The summed E-state index contributed by atoms with van der Waals surface area (Å²) in [5.41, 5.74) is 0.582. The molecule has 25 heavy (non-hydrogen) atoms. The van der Waals surface area contributed by atoms with Crippen molar-refractivity contribution in [3.8, 4) is 0 Å². The van der Waals surface area contributed by atoms with E-state index in [9.17, 15) is 4.79 Å². The smallest absolute Gasteiger partial charge is 0.407 e. The summed E-state index contributed by atoms with van der Waals surface area (Å²) in [5.74, 6) is 1.69. The van der Waals surface area contributed by atoms with Crippen molar-refractivity contribution in [2.24, 2.45) is 5.92 Å². The van der Waals surface area contributed by atoms with Gasteiger partial charge in [-0.3, -0.25) is 0 Å². The first-order chi connectivity index (χ1) is 11.9. The fourth-order valence-corrected chi connectivity index (χ4v) is 3.99. The normalized spacial score (nSPS) is 16.2. The zero-order valence-corrected chi connectivity index (χ0v) is 15.9. The number of carbonyl (C=O) groups excluding carboxylic acids is 1. The molecule has 0 aliphatic carbocycles. The first-order valence-corrected chi connectivity index (χ1v) is 9.70. The van der Waals surface area contributed by atoms with E-state index in [0.29, 0.717) is 12.5 Å². The number of nitrogens with one attached hydrogen (secondary N) is 1. The Balaban J connectivity index is 1.45. The summed E-state index contributed by atoms with van der Waals surface area (Å²) >= 11 is 1.70. The van der Waals surface area contributed by atoms with Crippen LogP contribution in [-0.2, 0) is 4.74 Å². The molecule has 6 nitrogen and oxygen atoms in total. The molecule has 0 atom stereocenters. The van der Waals surface area contributed by atoms with Gasteiger partial charge in [-0.1, -0.05) is 0 Å². The quantitative estimate of drug-likeness (QED) is 0.895. The zero-order valence-electron chi connectivity index (χ0n) is 15.1. The lowest BCUT2D eigenvalue weighted by molar-refractivity contribution is 0.0524.